The average Bonchev–Trinajstić information content (AvgIpc) is 2.36. The third-order valence-corrected chi connectivity index (χ3v) is 2.45. The molecule has 0 bridgehead atoms. The van der Waals surface area contributed by atoms with Crippen molar-refractivity contribution in [1.29, 1.82) is 0 Å². The Labute approximate surface area is 132 Å². The molecule has 1 rings (SSSR count). The Bertz CT molecular complexity index is 383. The molecule has 108 valence electrons. The monoisotopic (exact) mass is 377 g/mol. The summed E-state index contributed by atoms with van der Waals surface area (Å²) in [6, 6.07) is 7.35. The summed E-state index contributed by atoms with van der Waals surface area (Å²) in [6.45, 7) is 6.67. The Kier molecular flexibility index (Phi) is 10.3. The number of nitrogens with one attached hydrogen (secondary N) is 2. The van der Waals surface area contributed by atoms with E-state index in [0.29, 0.717) is 5.75 Å². The van der Waals surface area contributed by atoms with E-state index in [4.69, 9.17) is 0 Å². The second kappa shape index (κ2) is 10.9. The Balaban J connectivity index is 0.00000324. The smallest absolute Gasteiger partial charge is 0.191 e. The van der Waals surface area contributed by atoms with Crippen LogP contribution >= 0.6 is 24.0 Å². The molecule has 0 heterocycles. The highest BCUT2D eigenvalue weighted by Gasteiger charge is 1.98. The van der Waals surface area contributed by atoms with Gasteiger partial charge < -0.3 is 15.7 Å². The number of guanidine groups is 1. The normalized spacial score (nSPS) is 10.7. The van der Waals surface area contributed by atoms with Gasteiger partial charge >= 0.3 is 0 Å². The van der Waals surface area contributed by atoms with Crippen LogP contribution in [0.4, 0.5) is 0 Å². The van der Waals surface area contributed by atoms with Crippen molar-refractivity contribution < 1.29 is 5.11 Å². The number of hydrogen-bond donors (Lipinski definition) is 3. The molecule has 0 atom stereocenters. The van der Waals surface area contributed by atoms with Gasteiger partial charge in [0.1, 0.15) is 5.75 Å². The topological polar surface area (TPSA) is 56.7 Å². The second-order valence-electron chi connectivity index (χ2n) is 4.11. The summed E-state index contributed by atoms with van der Waals surface area (Å²) in [5.74, 6) is 1.18. The molecule has 0 aliphatic rings. The van der Waals surface area contributed by atoms with Crippen LogP contribution in [0.25, 0.3) is 0 Å². The van der Waals surface area contributed by atoms with Gasteiger partial charge in [-0.25, -0.2) is 0 Å². The average molecular weight is 377 g/mol. The van der Waals surface area contributed by atoms with Gasteiger partial charge in [-0.3, -0.25) is 4.99 Å². The van der Waals surface area contributed by atoms with Gasteiger partial charge in [-0.15, -0.1) is 24.0 Å². The number of rotatable bonds is 6. The first-order valence-electron chi connectivity index (χ1n) is 6.56. The van der Waals surface area contributed by atoms with E-state index >= 15 is 0 Å². The van der Waals surface area contributed by atoms with Gasteiger partial charge in [0, 0.05) is 19.6 Å². The molecule has 1 aromatic carbocycles. The number of phenolic OH excluding ortho intramolecular Hbond substituents is 1. The summed E-state index contributed by atoms with van der Waals surface area (Å²) in [4.78, 5) is 4.43. The van der Waals surface area contributed by atoms with E-state index in [2.05, 4.69) is 29.5 Å². The zero-order chi connectivity index (χ0) is 13.2. The molecule has 0 radical (unpaired) electrons. The summed E-state index contributed by atoms with van der Waals surface area (Å²) in [7, 11) is 0. The molecule has 1 aromatic rings. The lowest BCUT2D eigenvalue weighted by molar-refractivity contribution is 0.474. The van der Waals surface area contributed by atoms with Crippen LogP contribution in [0.1, 0.15) is 25.8 Å². The number of aliphatic imine (C=N–C) groups is 1. The first-order valence-corrected chi connectivity index (χ1v) is 6.56. The van der Waals surface area contributed by atoms with Crippen molar-refractivity contribution in [2.24, 2.45) is 4.99 Å². The van der Waals surface area contributed by atoms with E-state index in [0.717, 1.165) is 44.0 Å². The minimum absolute atomic E-state index is 0. The zero-order valence-corrected chi connectivity index (χ0v) is 14.0. The molecule has 0 unspecified atom stereocenters. The highest BCUT2D eigenvalue weighted by molar-refractivity contribution is 14.0. The SMILES string of the molecule is CCCN=C(NCC)NCCc1cccc(O)c1.I. The van der Waals surface area contributed by atoms with Crippen molar-refractivity contribution in [2.45, 2.75) is 26.7 Å². The van der Waals surface area contributed by atoms with Crippen LogP contribution in [0.5, 0.6) is 5.75 Å². The van der Waals surface area contributed by atoms with Gasteiger partial charge in [0.2, 0.25) is 0 Å². The van der Waals surface area contributed by atoms with Gasteiger partial charge in [0.25, 0.3) is 0 Å². The zero-order valence-electron chi connectivity index (χ0n) is 11.6. The molecule has 0 fully saturated rings. The molecule has 0 saturated heterocycles. The molecule has 0 saturated carbocycles. The Morgan fingerprint density at radius 2 is 2.05 bits per heavy atom. The largest absolute Gasteiger partial charge is 0.508 e. The minimum Gasteiger partial charge on any atom is -0.508 e. The van der Waals surface area contributed by atoms with E-state index in [1.54, 1.807) is 12.1 Å². The van der Waals surface area contributed by atoms with Crippen LogP contribution < -0.4 is 10.6 Å². The first kappa shape index (κ1) is 18.0. The fourth-order valence-electron chi connectivity index (χ4n) is 1.60. The third-order valence-electron chi connectivity index (χ3n) is 2.45. The molecule has 4 nitrogen and oxygen atoms in total. The van der Waals surface area contributed by atoms with E-state index in [1.165, 1.54) is 0 Å². The lowest BCUT2D eigenvalue weighted by Crippen LogP contribution is -2.38. The standard InChI is InChI=1S/C14H23N3O.HI/c1-3-9-16-14(15-4-2)17-10-8-12-6-5-7-13(18)11-12;/h5-7,11,18H,3-4,8-10H2,1-2H3,(H2,15,16,17);1H. The number of halogens is 1. The van der Waals surface area contributed by atoms with E-state index in [-0.39, 0.29) is 24.0 Å². The molecule has 0 amide bonds. The van der Waals surface area contributed by atoms with Gasteiger partial charge in [0.15, 0.2) is 5.96 Å². The molecule has 0 aromatic heterocycles. The van der Waals surface area contributed by atoms with Gasteiger partial charge in [-0.2, -0.15) is 0 Å². The van der Waals surface area contributed by atoms with Crippen molar-refractivity contribution in [1.82, 2.24) is 10.6 Å². The maximum absolute atomic E-state index is 9.37. The fraction of sp³-hybridized carbons (Fsp3) is 0.500. The summed E-state index contributed by atoms with van der Waals surface area (Å²) >= 11 is 0. The number of phenols is 1. The molecule has 0 spiro atoms. The van der Waals surface area contributed by atoms with E-state index in [9.17, 15) is 5.11 Å². The predicted octanol–water partition coefficient (Wildman–Crippen LogP) is 2.52. The Morgan fingerprint density at radius 3 is 2.68 bits per heavy atom. The fourth-order valence-corrected chi connectivity index (χ4v) is 1.60. The maximum Gasteiger partial charge on any atom is 0.191 e. The molecule has 0 aliphatic carbocycles. The minimum atomic E-state index is 0. The summed E-state index contributed by atoms with van der Waals surface area (Å²) < 4.78 is 0. The molecule has 19 heavy (non-hydrogen) atoms. The van der Waals surface area contributed by atoms with Crippen molar-refractivity contribution in [3.63, 3.8) is 0 Å². The van der Waals surface area contributed by atoms with Gasteiger partial charge in [-0.05, 0) is 37.5 Å². The number of nitrogens with zero attached hydrogens (tertiary/aromatic N) is 1. The van der Waals surface area contributed by atoms with Crippen molar-refractivity contribution in [3.8, 4) is 5.75 Å². The number of aromatic hydroxyl groups is 1. The van der Waals surface area contributed by atoms with Crippen LogP contribution in [0.3, 0.4) is 0 Å². The van der Waals surface area contributed by atoms with Crippen LogP contribution in [0.2, 0.25) is 0 Å². The summed E-state index contributed by atoms with van der Waals surface area (Å²) in [6.07, 6.45) is 1.91. The first-order chi connectivity index (χ1) is 8.76. The van der Waals surface area contributed by atoms with Gasteiger partial charge in [0.05, 0.1) is 0 Å². The van der Waals surface area contributed by atoms with Crippen molar-refractivity contribution in [3.05, 3.63) is 29.8 Å². The Morgan fingerprint density at radius 1 is 1.26 bits per heavy atom. The van der Waals surface area contributed by atoms with Crippen molar-refractivity contribution >= 4 is 29.9 Å². The molecule has 5 heteroatoms. The highest BCUT2D eigenvalue weighted by atomic mass is 127. The lowest BCUT2D eigenvalue weighted by Gasteiger charge is -2.11. The highest BCUT2D eigenvalue weighted by Crippen LogP contribution is 2.10. The molecule has 0 aliphatic heterocycles. The summed E-state index contributed by atoms with van der Waals surface area (Å²) in [5.41, 5.74) is 1.12. The van der Waals surface area contributed by atoms with Crippen LogP contribution in [-0.2, 0) is 6.42 Å². The van der Waals surface area contributed by atoms with Crippen LogP contribution in [0, 0.1) is 0 Å². The molecular formula is C14H24IN3O. The molecular weight excluding hydrogens is 353 g/mol. The van der Waals surface area contributed by atoms with Crippen LogP contribution in [-0.4, -0.2) is 30.7 Å². The van der Waals surface area contributed by atoms with Crippen LogP contribution in [0.15, 0.2) is 29.3 Å². The van der Waals surface area contributed by atoms with Crippen molar-refractivity contribution in [2.75, 3.05) is 19.6 Å². The summed E-state index contributed by atoms with van der Waals surface area (Å²) in [5, 5.41) is 15.9. The number of benzene rings is 1. The molecule has 3 N–H and O–H groups in total. The Hall–Kier alpha value is -0.980. The second-order valence-corrected chi connectivity index (χ2v) is 4.11. The predicted molar refractivity (Wildman–Crippen MR) is 91.5 cm³/mol. The maximum atomic E-state index is 9.37. The quantitative estimate of drug-likeness (QED) is 0.406. The van der Waals surface area contributed by atoms with E-state index in [1.807, 2.05) is 12.1 Å². The lowest BCUT2D eigenvalue weighted by atomic mass is 10.1. The van der Waals surface area contributed by atoms with E-state index < -0.39 is 0 Å². The number of hydrogen-bond acceptors (Lipinski definition) is 2. The van der Waals surface area contributed by atoms with Gasteiger partial charge in [-0.1, -0.05) is 19.1 Å². The third kappa shape index (κ3) is 7.92.